The van der Waals surface area contributed by atoms with Crippen LogP contribution in [0.2, 0.25) is 0 Å². The largest absolute Gasteiger partial charge is 0.397 e. The predicted octanol–water partition coefficient (Wildman–Crippen LogP) is 3.32. The van der Waals surface area contributed by atoms with Crippen molar-refractivity contribution in [1.29, 1.82) is 0 Å². The third-order valence-electron chi connectivity index (χ3n) is 3.57. The summed E-state index contributed by atoms with van der Waals surface area (Å²) in [7, 11) is 1.90. The standard InChI is InChI=1S/C13H18F2N2/c1-17(9-5-3-2-4-6-9)13-8-11(15)10(14)7-12(13)16/h7-9H,2-6,16H2,1H3. The molecule has 0 aromatic heterocycles. The van der Waals surface area contributed by atoms with Gasteiger partial charge >= 0.3 is 0 Å². The minimum atomic E-state index is -0.886. The maximum absolute atomic E-state index is 13.2. The molecule has 1 aromatic carbocycles. The zero-order valence-corrected chi connectivity index (χ0v) is 10.0. The topological polar surface area (TPSA) is 29.3 Å². The summed E-state index contributed by atoms with van der Waals surface area (Å²) in [6.07, 6.45) is 5.83. The summed E-state index contributed by atoms with van der Waals surface area (Å²) in [6, 6.07) is 2.64. The predicted molar refractivity (Wildman–Crippen MR) is 66.0 cm³/mol. The number of anilines is 2. The summed E-state index contributed by atoms with van der Waals surface area (Å²) in [5, 5.41) is 0. The molecule has 1 saturated carbocycles. The van der Waals surface area contributed by atoms with E-state index in [4.69, 9.17) is 5.73 Å². The molecule has 17 heavy (non-hydrogen) atoms. The van der Waals surface area contributed by atoms with Crippen molar-refractivity contribution in [3.8, 4) is 0 Å². The highest BCUT2D eigenvalue weighted by Crippen LogP contribution is 2.31. The Hall–Kier alpha value is -1.32. The monoisotopic (exact) mass is 240 g/mol. The first-order valence-electron chi connectivity index (χ1n) is 6.07. The summed E-state index contributed by atoms with van der Waals surface area (Å²) in [6.45, 7) is 0. The zero-order chi connectivity index (χ0) is 12.4. The minimum absolute atomic E-state index is 0.303. The number of hydrogen-bond acceptors (Lipinski definition) is 2. The molecule has 0 amide bonds. The molecule has 94 valence electrons. The maximum atomic E-state index is 13.2. The first-order chi connectivity index (χ1) is 8.09. The van der Waals surface area contributed by atoms with Gasteiger partial charge in [-0.2, -0.15) is 0 Å². The lowest BCUT2D eigenvalue weighted by atomic mass is 9.94. The molecule has 0 atom stereocenters. The van der Waals surface area contributed by atoms with E-state index in [1.54, 1.807) is 0 Å². The van der Waals surface area contributed by atoms with Gasteiger partial charge < -0.3 is 10.6 Å². The number of nitrogens with two attached hydrogens (primary N) is 1. The third-order valence-corrected chi connectivity index (χ3v) is 3.57. The average molecular weight is 240 g/mol. The molecule has 0 radical (unpaired) electrons. The second-order valence-corrected chi connectivity index (χ2v) is 4.73. The second kappa shape index (κ2) is 4.90. The van der Waals surface area contributed by atoms with Crippen LogP contribution in [0.3, 0.4) is 0 Å². The van der Waals surface area contributed by atoms with Gasteiger partial charge in [0.25, 0.3) is 0 Å². The van der Waals surface area contributed by atoms with Crippen LogP contribution in [0.4, 0.5) is 20.2 Å². The lowest BCUT2D eigenvalue weighted by Crippen LogP contribution is -2.33. The number of nitrogen functional groups attached to an aromatic ring is 1. The van der Waals surface area contributed by atoms with Gasteiger partial charge in [0.2, 0.25) is 0 Å². The number of nitrogens with zero attached hydrogens (tertiary/aromatic N) is 1. The van der Waals surface area contributed by atoms with Crippen molar-refractivity contribution in [3.05, 3.63) is 23.8 Å². The van der Waals surface area contributed by atoms with Crippen LogP contribution in [0.15, 0.2) is 12.1 Å². The van der Waals surface area contributed by atoms with E-state index in [0.29, 0.717) is 17.4 Å². The van der Waals surface area contributed by atoms with Gasteiger partial charge in [0, 0.05) is 25.2 Å². The summed E-state index contributed by atoms with van der Waals surface area (Å²) in [4.78, 5) is 1.98. The summed E-state index contributed by atoms with van der Waals surface area (Å²) >= 11 is 0. The molecule has 2 N–H and O–H groups in total. The van der Waals surface area contributed by atoms with Crippen molar-refractivity contribution in [2.75, 3.05) is 17.7 Å². The van der Waals surface area contributed by atoms with Crippen LogP contribution in [0.25, 0.3) is 0 Å². The van der Waals surface area contributed by atoms with Gasteiger partial charge in [-0.3, -0.25) is 0 Å². The second-order valence-electron chi connectivity index (χ2n) is 4.73. The van der Waals surface area contributed by atoms with E-state index in [1.165, 1.54) is 25.3 Å². The molecule has 0 bridgehead atoms. The number of rotatable bonds is 2. The smallest absolute Gasteiger partial charge is 0.161 e. The van der Waals surface area contributed by atoms with Gasteiger partial charge in [-0.25, -0.2) is 8.78 Å². The quantitative estimate of drug-likeness (QED) is 0.803. The van der Waals surface area contributed by atoms with E-state index in [0.717, 1.165) is 18.9 Å². The van der Waals surface area contributed by atoms with Crippen molar-refractivity contribution < 1.29 is 8.78 Å². The normalized spacial score (nSPS) is 17.1. The maximum Gasteiger partial charge on any atom is 0.161 e. The van der Waals surface area contributed by atoms with Gasteiger partial charge in [-0.1, -0.05) is 19.3 Å². The van der Waals surface area contributed by atoms with Gasteiger partial charge in [-0.05, 0) is 12.8 Å². The lowest BCUT2D eigenvalue weighted by molar-refractivity contribution is 0.427. The molecule has 1 aliphatic carbocycles. The van der Waals surface area contributed by atoms with Gasteiger partial charge in [-0.15, -0.1) is 0 Å². The van der Waals surface area contributed by atoms with Gasteiger partial charge in [0.05, 0.1) is 11.4 Å². The van der Waals surface area contributed by atoms with Gasteiger partial charge in [0.15, 0.2) is 11.6 Å². The van der Waals surface area contributed by atoms with E-state index in [1.807, 2.05) is 11.9 Å². The molecule has 1 aromatic rings. The molecule has 0 saturated heterocycles. The molecule has 4 heteroatoms. The van der Waals surface area contributed by atoms with Crippen LogP contribution in [-0.2, 0) is 0 Å². The fourth-order valence-electron chi connectivity index (χ4n) is 2.52. The van der Waals surface area contributed by atoms with E-state index in [9.17, 15) is 8.78 Å². The Balaban J connectivity index is 2.23. The molecule has 0 heterocycles. The Bertz CT molecular complexity index is 401. The Morgan fingerprint density at radius 3 is 2.35 bits per heavy atom. The first-order valence-corrected chi connectivity index (χ1v) is 6.07. The molecule has 0 spiro atoms. The fourth-order valence-corrected chi connectivity index (χ4v) is 2.52. The Morgan fingerprint density at radius 1 is 1.12 bits per heavy atom. The number of halogens is 2. The van der Waals surface area contributed by atoms with Crippen molar-refractivity contribution in [2.45, 2.75) is 38.1 Å². The number of benzene rings is 1. The highest BCUT2D eigenvalue weighted by molar-refractivity contribution is 5.67. The number of hydrogen-bond donors (Lipinski definition) is 1. The van der Waals surface area contributed by atoms with Crippen LogP contribution in [0.5, 0.6) is 0 Å². The molecule has 2 rings (SSSR count). The van der Waals surface area contributed by atoms with Crippen molar-refractivity contribution in [1.82, 2.24) is 0 Å². The van der Waals surface area contributed by atoms with Crippen LogP contribution < -0.4 is 10.6 Å². The van der Waals surface area contributed by atoms with Crippen molar-refractivity contribution in [3.63, 3.8) is 0 Å². The SMILES string of the molecule is CN(c1cc(F)c(F)cc1N)C1CCCCC1. The van der Waals surface area contributed by atoms with Crippen LogP contribution >= 0.6 is 0 Å². The summed E-state index contributed by atoms with van der Waals surface area (Å²) in [5.41, 5.74) is 6.65. The average Bonchev–Trinajstić information content (AvgIpc) is 2.34. The van der Waals surface area contributed by atoms with Crippen molar-refractivity contribution in [2.24, 2.45) is 0 Å². The van der Waals surface area contributed by atoms with E-state index in [2.05, 4.69) is 0 Å². The fraction of sp³-hybridized carbons (Fsp3) is 0.538. The molecule has 1 fully saturated rings. The third kappa shape index (κ3) is 2.51. The molecule has 0 unspecified atom stereocenters. The molecular weight excluding hydrogens is 222 g/mol. The Kier molecular flexibility index (Phi) is 3.50. The van der Waals surface area contributed by atoms with Crippen LogP contribution in [0, 0.1) is 11.6 Å². The van der Waals surface area contributed by atoms with E-state index < -0.39 is 11.6 Å². The van der Waals surface area contributed by atoms with E-state index in [-0.39, 0.29) is 0 Å². The van der Waals surface area contributed by atoms with Crippen molar-refractivity contribution >= 4 is 11.4 Å². The van der Waals surface area contributed by atoms with E-state index >= 15 is 0 Å². The van der Waals surface area contributed by atoms with Crippen LogP contribution in [-0.4, -0.2) is 13.1 Å². The first kappa shape index (κ1) is 12.1. The summed E-state index contributed by atoms with van der Waals surface area (Å²) in [5.74, 6) is -1.72. The zero-order valence-electron chi connectivity index (χ0n) is 10.0. The Morgan fingerprint density at radius 2 is 1.71 bits per heavy atom. The van der Waals surface area contributed by atoms with Gasteiger partial charge in [0.1, 0.15) is 0 Å². The molecule has 2 nitrogen and oxygen atoms in total. The lowest BCUT2D eigenvalue weighted by Gasteiger charge is -2.33. The molecule has 0 aliphatic heterocycles. The highest BCUT2D eigenvalue weighted by Gasteiger charge is 2.21. The molecular formula is C13H18F2N2. The Labute approximate surface area is 100 Å². The van der Waals surface area contributed by atoms with Crippen LogP contribution in [0.1, 0.15) is 32.1 Å². The molecule has 1 aliphatic rings. The highest BCUT2D eigenvalue weighted by atomic mass is 19.2. The summed E-state index contributed by atoms with van der Waals surface area (Å²) < 4.78 is 26.2. The minimum Gasteiger partial charge on any atom is -0.397 e.